The normalized spacial score (nSPS) is 12.7. The Labute approximate surface area is 99.7 Å². The van der Waals surface area contributed by atoms with E-state index >= 15 is 0 Å². The quantitative estimate of drug-likeness (QED) is 0.579. The van der Waals surface area contributed by atoms with Crippen LogP contribution in [0.2, 0.25) is 0 Å². The number of ketones is 1. The summed E-state index contributed by atoms with van der Waals surface area (Å²) in [5.41, 5.74) is -0.681. The van der Waals surface area contributed by atoms with E-state index in [4.69, 9.17) is 4.74 Å². The third kappa shape index (κ3) is 9.28. The largest absolute Gasteiger partial charge is 0.444 e. The second kappa shape index (κ2) is 6.17. The summed E-state index contributed by atoms with van der Waals surface area (Å²) in [6.07, 6.45) is -0.842. The predicted molar refractivity (Wildman–Crippen MR) is 60.3 cm³/mol. The van der Waals surface area contributed by atoms with Crippen molar-refractivity contribution in [2.45, 2.75) is 45.8 Å². The number of amides is 1. The number of carbonyl (C=O) groups is 2. The maximum atomic E-state index is 11.4. The average molecular weight is 246 g/mol. The van der Waals surface area contributed by atoms with E-state index < -0.39 is 29.2 Å². The zero-order chi connectivity index (χ0) is 13.6. The number of nitrogens with one attached hydrogen (secondary N) is 1. The first-order valence-corrected chi connectivity index (χ1v) is 5.21. The lowest BCUT2D eigenvalue weighted by molar-refractivity contribution is -0.483. The van der Waals surface area contributed by atoms with Crippen LogP contribution in [0.4, 0.5) is 4.79 Å². The Morgan fingerprint density at radius 1 is 1.41 bits per heavy atom. The van der Waals surface area contributed by atoms with Gasteiger partial charge in [0.1, 0.15) is 17.4 Å². The van der Waals surface area contributed by atoms with Gasteiger partial charge in [-0.25, -0.2) is 4.79 Å². The van der Waals surface area contributed by atoms with Gasteiger partial charge in [0.05, 0.1) is 0 Å². The van der Waals surface area contributed by atoms with Gasteiger partial charge in [-0.05, 0) is 27.7 Å². The molecule has 0 aliphatic rings. The van der Waals surface area contributed by atoms with E-state index in [0.717, 1.165) is 0 Å². The molecule has 1 atom stereocenters. The van der Waals surface area contributed by atoms with E-state index in [2.05, 4.69) is 5.32 Å². The maximum absolute atomic E-state index is 11.4. The van der Waals surface area contributed by atoms with Gasteiger partial charge in [0.2, 0.25) is 6.54 Å². The molecule has 1 amide bonds. The summed E-state index contributed by atoms with van der Waals surface area (Å²) in [5.74, 6) is -0.229. The molecule has 0 unspecified atom stereocenters. The smallest absolute Gasteiger partial charge is 0.408 e. The zero-order valence-electron chi connectivity index (χ0n) is 10.5. The second-order valence-electron chi connectivity index (χ2n) is 4.76. The molecule has 0 bridgehead atoms. The van der Waals surface area contributed by atoms with Gasteiger partial charge in [0.25, 0.3) is 0 Å². The van der Waals surface area contributed by atoms with Crippen molar-refractivity contribution < 1.29 is 19.2 Å². The van der Waals surface area contributed by atoms with Crippen LogP contribution in [0.3, 0.4) is 0 Å². The molecular formula is C10H18N2O5. The van der Waals surface area contributed by atoms with Crippen molar-refractivity contribution >= 4 is 11.9 Å². The summed E-state index contributed by atoms with van der Waals surface area (Å²) >= 11 is 0. The van der Waals surface area contributed by atoms with Crippen molar-refractivity contribution in [3.05, 3.63) is 10.1 Å². The van der Waals surface area contributed by atoms with E-state index in [1.807, 2.05) is 0 Å². The number of rotatable bonds is 5. The van der Waals surface area contributed by atoms with Crippen molar-refractivity contribution in [3.8, 4) is 0 Å². The van der Waals surface area contributed by atoms with Gasteiger partial charge >= 0.3 is 6.09 Å². The molecule has 7 heteroatoms. The van der Waals surface area contributed by atoms with Crippen LogP contribution >= 0.6 is 0 Å². The summed E-state index contributed by atoms with van der Waals surface area (Å²) in [7, 11) is 0. The maximum Gasteiger partial charge on any atom is 0.408 e. The highest BCUT2D eigenvalue weighted by Gasteiger charge is 2.23. The number of Topliss-reactive ketones (excluding diaryl/α,β-unsaturated/α-hetero) is 1. The van der Waals surface area contributed by atoms with Gasteiger partial charge in [0, 0.05) is 11.3 Å². The average Bonchev–Trinajstić information content (AvgIpc) is 1.95. The van der Waals surface area contributed by atoms with Crippen molar-refractivity contribution in [2.24, 2.45) is 0 Å². The first-order chi connectivity index (χ1) is 7.60. The Morgan fingerprint density at radius 3 is 2.29 bits per heavy atom. The molecule has 0 aliphatic carbocycles. The highest BCUT2D eigenvalue weighted by Crippen LogP contribution is 2.07. The Hall–Kier alpha value is -1.66. The lowest BCUT2D eigenvalue weighted by Crippen LogP contribution is -2.43. The van der Waals surface area contributed by atoms with Crippen LogP contribution in [0.1, 0.15) is 34.1 Å². The molecule has 0 aromatic carbocycles. The number of alkyl carbamates (subject to hydrolysis) is 1. The standard InChI is InChI=1S/C10H18N2O5/c1-7(13)5-8(6-12(15)16)11-9(14)17-10(2,3)4/h8H,5-6H2,1-4H3,(H,11,14)/t8-/m0/s1. The Balaban J connectivity index is 4.37. The number of ether oxygens (including phenoxy) is 1. The fourth-order valence-corrected chi connectivity index (χ4v) is 1.16. The number of nitrogens with zero attached hydrogens (tertiary/aromatic N) is 1. The van der Waals surface area contributed by atoms with Gasteiger partial charge in [-0.2, -0.15) is 0 Å². The molecule has 0 radical (unpaired) electrons. The molecule has 0 aromatic rings. The summed E-state index contributed by atoms with van der Waals surface area (Å²) in [4.78, 5) is 32.0. The SMILES string of the molecule is CC(=O)C[C@@H](C[N+](=O)[O-])NC(=O)OC(C)(C)C. The fourth-order valence-electron chi connectivity index (χ4n) is 1.16. The highest BCUT2D eigenvalue weighted by atomic mass is 16.6. The lowest BCUT2D eigenvalue weighted by atomic mass is 10.1. The number of carbonyl (C=O) groups excluding carboxylic acids is 2. The van der Waals surface area contributed by atoms with Gasteiger partial charge < -0.3 is 10.1 Å². The molecule has 0 spiro atoms. The van der Waals surface area contributed by atoms with Crippen LogP contribution in [0, 0.1) is 10.1 Å². The third-order valence-corrected chi connectivity index (χ3v) is 1.62. The summed E-state index contributed by atoms with van der Waals surface area (Å²) < 4.78 is 4.95. The molecular weight excluding hydrogens is 228 g/mol. The molecule has 1 N–H and O–H groups in total. The predicted octanol–water partition coefficient (Wildman–Crippen LogP) is 1.14. The minimum atomic E-state index is -0.836. The molecule has 0 saturated carbocycles. The van der Waals surface area contributed by atoms with Gasteiger partial charge in [-0.1, -0.05) is 0 Å². The molecule has 0 rings (SSSR count). The van der Waals surface area contributed by atoms with Crippen molar-refractivity contribution in [2.75, 3.05) is 6.54 Å². The lowest BCUT2D eigenvalue weighted by Gasteiger charge is -2.21. The van der Waals surface area contributed by atoms with Crippen molar-refractivity contribution in [1.29, 1.82) is 0 Å². The second-order valence-corrected chi connectivity index (χ2v) is 4.76. The van der Waals surface area contributed by atoms with Crippen molar-refractivity contribution in [3.63, 3.8) is 0 Å². The van der Waals surface area contributed by atoms with E-state index in [9.17, 15) is 19.7 Å². The fraction of sp³-hybridized carbons (Fsp3) is 0.800. The first-order valence-electron chi connectivity index (χ1n) is 5.21. The zero-order valence-corrected chi connectivity index (χ0v) is 10.5. The Kier molecular flexibility index (Phi) is 5.57. The van der Waals surface area contributed by atoms with E-state index in [-0.39, 0.29) is 12.2 Å². The van der Waals surface area contributed by atoms with Gasteiger partial charge in [0.15, 0.2) is 0 Å². The van der Waals surface area contributed by atoms with Crippen LogP contribution in [0.25, 0.3) is 0 Å². The highest BCUT2D eigenvalue weighted by molar-refractivity contribution is 5.77. The molecule has 0 heterocycles. The summed E-state index contributed by atoms with van der Waals surface area (Å²) in [6.45, 7) is 5.85. The van der Waals surface area contributed by atoms with Crippen LogP contribution in [-0.2, 0) is 9.53 Å². The molecule has 0 fully saturated rings. The van der Waals surface area contributed by atoms with Gasteiger partial charge in [-0.3, -0.25) is 14.9 Å². The van der Waals surface area contributed by atoms with E-state index in [1.54, 1.807) is 20.8 Å². The molecule has 7 nitrogen and oxygen atoms in total. The summed E-state index contributed by atoms with van der Waals surface area (Å²) in [5, 5.41) is 12.7. The Morgan fingerprint density at radius 2 is 1.94 bits per heavy atom. The van der Waals surface area contributed by atoms with Crippen molar-refractivity contribution in [1.82, 2.24) is 5.32 Å². The van der Waals surface area contributed by atoms with Gasteiger partial charge in [-0.15, -0.1) is 0 Å². The van der Waals surface area contributed by atoms with E-state index in [0.29, 0.717) is 0 Å². The van der Waals surface area contributed by atoms with Crippen LogP contribution < -0.4 is 5.32 Å². The molecule has 0 aromatic heterocycles. The monoisotopic (exact) mass is 246 g/mol. The number of hydrogen-bond acceptors (Lipinski definition) is 5. The van der Waals surface area contributed by atoms with Crippen LogP contribution in [-0.4, -0.2) is 35.0 Å². The number of hydrogen-bond donors (Lipinski definition) is 1. The van der Waals surface area contributed by atoms with E-state index in [1.165, 1.54) is 6.92 Å². The minimum absolute atomic E-state index is 0.0831. The first kappa shape index (κ1) is 15.3. The third-order valence-electron chi connectivity index (χ3n) is 1.62. The molecule has 0 saturated heterocycles. The van der Waals surface area contributed by atoms with Crippen LogP contribution in [0.15, 0.2) is 0 Å². The summed E-state index contributed by atoms with van der Waals surface area (Å²) in [6, 6.07) is -0.836. The molecule has 98 valence electrons. The Bertz CT molecular complexity index is 292. The minimum Gasteiger partial charge on any atom is -0.444 e. The molecule has 0 aliphatic heterocycles. The van der Waals surface area contributed by atoms with Crippen LogP contribution in [0.5, 0.6) is 0 Å². The number of nitro groups is 1. The topological polar surface area (TPSA) is 98.5 Å². The molecule has 17 heavy (non-hydrogen) atoms.